The molecule has 0 spiro atoms. The maximum Gasteiger partial charge on any atom is 0.136 e. The molecule has 3 heteroatoms. The first-order chi connectivity index (χ1) is 5.65. The minimum Gasteiger partial charge on any atom is -0.243 e. The van der Waals surface area contributed by atoms with Crippen LogP contribution in [0, 0.1) is 11.3 Å². The molecular weight excluding hydrogens is 172 g/mol. The monoisotopic (exact) mass is 178 g/mol. The zero-order chi connectivity index (χ0) is 9.14. The van der Waals surface area contributed by atoms with Gasteiger partial charge < -0.3 is 0 Å². The summed E-state index contributed by atoms with van der Waals surface area (Å²) in [6.45, 7) is 5.55. The fraction of sp³-hybridized carbons (Fsp3) is 0.111. The number of rotatable bonds is 1. The molecule has 0 fully saturated rings. The summed E-state index contributed by atoms with van der Waals surface area (Å²) in [4.78, 5) is 3.85. The van der Waals surface area contributed by atoms with Crippen LogP contribution in [-0.4, -0.2) is 4.98 Å². The van der Waals surface area contributed by atoms with Crippen molar-refractivity contribution in [3.63, 3.8) is 0 Å². The Morgan fingerprint density at radius 2 is 2.42 bits per heavy atom. The molecule has 0 N–H and O–H groups in total. The van der Waals surface area contributed by atoms with Gasteiger partial charge in [-0.3, -0.25) is 0 Å². The Labute approximate surface area is 76.1 Å². The Kier molecular flexibility index (Phi) is 2.47. The van der Waals surface area contributed by atoms with Crippen LogP contribution in [0.3, 0.4) is 0 Å². The average molecular weight is 179 g/mol. The quantitative estimate of drug-likeness (QED) is 0.620. The van der Waals surface area contributed by atoms with E-state index >= 15 is 0 Å². The molecule has 0 atom stereocenters. The maximum atomic E-state index is 8.57. The van der Waals surface area contributed by atoms with E-state index in [2.05, 4.69) is 11.6 Å². The third-order valence-electron chi connectivity index (χ3n) is 1.43. The van der Waals surface area contributed by atoms with E-state index in [1.54, 1.807) is 6.07 Å². The van der Waals surface area contributed by atoms with E-state index in [4.69, 9.17) is 16.9 Å². The van der Waals surface area contributed by atoms with Gasteiger partial charge >= 0.3 is 0 Å². The number of pyridine rings is 1. The molecular formula is C9H7ClN2. The lowest BCUT2D eigenvalue weighted by Crippen LogP contribution is -1.86. The number of aromatic nitrogens is 1. The predicted octanol–water partition coefficient (Wildman–Crippen LogP) is 2.64. The summed E-state index contributed by atoms with van der Waals surface area (Å²) in [5.74, 6) is 0. The molecule has 0 amide bonds. The Bertz CT molecular complexity index is 363. The van der Waals surface area contributed by atoms with E-state index in [0.717, 1.165) is 11.1 Å². The number of allylic oxidation sites excluding steroid dienone is 1. The molecule has 0 aliphatic carbocycles. The van der Waals surface area contributed by atoms with Crippen LogP contribution in [0.2, 0.25) is 5.15 Å². The standard InChI is InChI=1S/C9H7ClN2/c1-6(2)8-3-7(4-11)5-12-9(8)10/h3,5H,1H2,2H3. The summed E-state index contributed by atoms with van der Waals surface area (Å²) in [7, 11) is 0. The fourth-order valence-electron chi connectivity index (χ4n) is 0.809. The van der Waals surface area contributed by atoms with Gasteiger partial charge in [0.25, 0.3) is 0 Å². The number of halogens is 1. The minimum absolute atomic E-state index is 0.390. The molecule has 0 aliphatic rings. The number of nitrogens with zero attached hydrogens (tertiary/aromatic N) is 2. The van der Waals surface area contributed by atoms with Crippen LogP contribution in [-0.2, 0) is 0 Å². The van der Waals surface area contributed by atoms with E-state index in [0.29, 0.717) is 10.7 Å². The van der Waals surface area contributed by atoms with Crippen molar-refractivity contribution >= 4 is 17.2 Å². The van der Waals surface area contributed by atoms with Crippen LogP contribution in [0.5, 0.6) is 0 Å². The van der Waals surface area contributed by atoms with Gasteiger partial charge in [0.2, 0.25) is 0 Å². The summed E-state index contributed by atoms with van der Waals surface area (Å²) in [5, 5.41) is 8.96. The van der Waals surface area contributed by atoms with Crippen molar-refractivity contribution in [2.45, 2.75) is 6.92 Å². The van der Waals surface area contributed by atoms with Gasteiger partial charge in [0.15, 0.2) is 0 Å². The third kappa shape index (κ3) is 1.63. The lowest BCUT2D eigenvalue weighted by atomic mass is 10.1. The molecule has 1 aromatic rings. The molecule has 2 nitrogen and oxygen atoms in total. The van der Waals surface area contributed by atoms with Crippen LogP contribution in [0.25, 0.3) is 5.57 Å². The molecule has 0 radical (unpaired) electrons. The van der Waals surface area contributed by atoms with Crippen LogP contribution >= 0.6 is 11.6 Å². The van der Waals surface area contributed by atoms with Crippen LogP contribution in [0.4, 0.5) is 0 Å². The highest BCUT2D eigenvalue weighted by atomic mass is 35.5. The van der Waals surface area contributed by atoms with Gasteiger partial charge in [0.1, 0.15) is 11.2 Å². The highest BCUT2D eigenvalue weighted by Gasteiger charge is 2.02. The lowest BCUT2D eigenvalue weighted by Gasteiger charge is -2.01. The zero-order valence-corrected chi connectivity index (χ0v) is 7.39. The molecule has 0 saturated carbocycles. The van der Waals surface area contributed by atoms with Crippen LogP contribution in [0.1, 0.15) is 18.1 Å². The molecule has 60 valence electrons. The Morgan fingerprint density at radius 1 is 1.75 bits per heavy atom. The molecule has 0 aliphatic heterocycles. The van der Waals surface area contributed by atoms with E-state index in [1.807, 2.05) is 13.0 Å². The van der Waals surface area contributed by atoms with Crippen LogP contribution in [0.15, 0.2) is 18.8 Å². The van der Waals surface area contributed by atoms with Crippen molar-refractivity contribution < 1.29 is 0 Å². The predicted molar refractivity (Wildman–Crippen MR) is 48.7 cm³/mol. The van der Waals surface area contributed by atoms with Crippen LogP contribution < -0.4 is 0 Å². The molecule has 1 rings (SSSR count). The van der Waals surface area contributed by atoms with Gasteiger partial charge in [-0.05, 0) is 18.6 Å². The SMILES string of the molecule is C=C(C)c1cc(C#N)cnc1Cl. The number of nitriles is 1. The average Bonchev–Trinajstić information content (AvgIpc) is 2.05. The second-order valence-electron chi connectivity index (χ2n) is 2.45. The molecule has 0 aromatic carbocycles. The minimum atomic E-state index is 0.390. The van der Waals surface area contributed by atoms with Crippen molar-refractivity contribution in [2.24, 2.45) is 0 Å². The molecule has 12 heavy (non-hydrogen) atoms. The van der Waals surface area contributed by atoms with Gasteiger partial charge in [-0.15, -0.1) is 0 Å². The first-order valence-corrected chi connectivity index (χ1v) is 3.74. The number of hydrogen-bond acceptors (Lipinski definition) is 2. The molecule has 1 aromatic heterocycles. The first-order valence-electron chi connectivity index (χ1n) is 3.36. The van der Waals surface area contributed by atoms with Crippen molar-refractivity contribution in [3.05, 3.63) is 35.1 Å². The third-order valence-corrected chi connectivity index (χ3v) is 1.73. The fourth-order valence-corrected chi connectivity index (χ4v) is 1.07. The van der Waals surface area contributed by atoms with Crippen molar-refractivity contribution in [1.82, 2.24) is 4.98 Å². The smallest absolute Gasteiger partial charge is 0.136 e. The van der Waals surface area contributed by atoms with E-state index in [1.165, 1.54) is 6.20 Å². The Hall–Kier alpha value is -1.33. The van der Waals surface area contributed by atoms with E-state index in [-0.39, 0.29) is 0 Å². The van der Waals surface area contributed by atoms with Gasteiger partial charge in [-0.2, -0.15) is 5.26 Å². The highest BCUT2D eigenvalue weighted by molar-refractivity contribution is 6.31. The molecule has 1 heterocycles. The van der Waals surface area contributed by atoms with Crippen molar-refractivity contribution in [2.75, 3.05) is 0 Å². The van der Waals surface area contributed by atoms with E-state index < -0.39 is 0 Å². The second kappa shape index (κ2) is 3.38. The van der Waals surface area contributed by atoms with Gasteiger partial charge in [0.05, 0.1) is 5.56 Å². The van der Waals surface area contributed by atoms with Gasteiger partial charge in [-0.25, -0.2) is 4.98 Å². The lowest BCUT2D eigenvalue weighted by molar-refractivity contribution is 1.28. The maximum absolute atomic E-state index is 8.57. The molecule has 0 saturated heterocycles. The summed E-state index contributed by atoms with van der Waals surface area (Å²) in [5.41, 5.74) is 2.04. The zero-order valence-electron chi connectivity index (χ0n) is 6.63. The van der Waals surface area contributed by atoms with Crippen molar-refractivity contribution in [3.8, 4) is 6.07 Å². The molecule has 0 bridgehead atoms. The second-order valence-corrected chi connectivity index (χ2v) is 2.81. The summed E-state index contributed by atoms with van der Waals surface area (Å²) >= 11 is 5.77. The van der Waals surface area contributed by atoms with Crippen molar-refractivity contribution in [1.29, 1.82) is 5.26 Å². The number of hydrogen-bond donors (Lipinski definition) is 0. The summed E-state index contributed by atoms with van der Waals surface area (Å²) in [6, 6.07) is 3.67. The highest BCUT2D eigenvalue weighted by Crippen LogP contribution is 2.20. The first kappa shape index (κ1) is 8.76. The summed E-state index contributed by atoms with van der Waals surface area (Å²) < 4.78 is 0. The normalized spacial score (nSPS) is 9.08. The van der Waals surface area contributed by atoms with Gasteiger partial charge in [0, 0.05) is 11.8 Å². The molecule has 0 unspecified atom stereocenters. The van der Waals surface area contributed by atoms with E-state index in [9.17, 15) is 0 Å². The topological polar surface area (TPSA) is 36.7 Å². The Balaban J connectivity index is 3.28. The summed E-state index contributed by atoms with van der Waals surface area (Å²) in [6.07, 6.45) is 1.44. The largest absolute Gasteiger partial charge is 0.243 e. The van der Waals surface area contributed by atoms with Gasteiger partial charge in [-0.1, -0.05) is 18.2 Å². The Morgan fingerprint density at radius 3 is 2.92 bits per heavy atom.